The highest BCUT2D eigenvalue weighted by atomic mass is 16.5. The molecule has 0 spiro atoms. The van der Waals surface area contributed by atoms with Crippen molar-refractivity contribution in [2.24, 2.45) is 5.84 Å². The highest BCUT2D eigenvalue weighted by molar-refractivity contribution is 5.37. The van der Waals surface area contributed by atoms with Gasteiger partial charge in [-0.2, -0.15) is 0 Å². The van der Waals surface area contributed by atoms with Gasteiger partial charge in [-0.1, -0.05) is 23.8 Å². The zero-order valence-electron chi connectivity index (χ0n) is 12.0. The Hall–Kier alpha value is -1.91. The van der Waals surface area contributed by atoms with E-state index in [1.54, 1.807) is 13.3 Å². The molecule has 2 aromatic rings. The maximum absolute atomic E-state index is 5.69. The van der Waals surface area contributed by atoms with Gasteiger partial charge in [-0.15, -0.1) is 0 Å². The van der Waals surface area contributed by atoms with Crippen molar-refractivity contribution in [2.75, 3.05) is 7.11 Å². The molecular formula is C16H21N3O. The van der Waals surface area contributed by atoms with Crippen molar-refractivity contribution in [3.63, 3.8) is 0 Å². The lowest BCUT2D eigenvalue weighted by atomic mass is 9.98. The largest absolute Gasteiger partial charge is 0.496 e. The fourth-order valence-corrected chi connectivity index (χ4v) is 2.33. The van der Waals surface area contributed by atoms with E-state index in [1.807, 2.05) is 24.4 Å². The zero-order chi connectivity index (χ0) is 14.4. The van der Waals surface area contributed by atoms with Gasteiger partial charge in [0.2, 0.25) is 0 Å². The molecule has 2 rings (SSSR count). The van der Waals surface area contributed by atoms with Crippen LogP contribution in [0.4, 0.5) is 0 Å². The van der Waals surface area contributed by atoms with Crippen LogP contribution in [0.25, 0.3) is 0 Å². The first-order valence-corrected chi connectivity index (χ1v) is 6.71. The van der Waals surface area contributed by atoms with Gasteiger partial charge in [0, 0.05) is 18.4 Å². The molecular weight excluding hydrogens is 250 g/mol. The number of nitrogens with zero attached hydrogens (tertiary/aromatic N) is 1. The third-order valence-electron chi connectivity index (χ3n) is 3.34. The Morgan fingerprint density at radius 2 is 2.15 bits per heavy atom. The lowest BCUT2D eigenvalue weighted by molar-refractivity contribution is 0.404. The molecule has 4 heteroatoms. The fraction of sp³-hybridized carbons (Fsp3) is 0.312. The van der Waals surface area contributed by atoms with Crippen LogP contribution in [-0.4, -0.2) is 18.1 Å². The molecule has 1 heterocycles. The van der Waals surface area contributed by atoms with E-state index in [4.69, 9.17) is 10.6 Å². The number of hydrazine groups is 1. The molecule has 0 fully saturated rings. The SMILES string of the molecule is COc1ccc(C)cc1CC(Cc1cccnc1)NN. The first kappa shape index (κ1) is 14.5. The Labute approximate surface area is 120 Å². The summed E-state index contributed by atoms with van der Waals surface area (Å²) in [6, 6.07) is 10.3. The van der Waals surface area contributed by atoms with Crippen LogP contribution >= 0.6 is 0 Å². The van der Waals surface area contributed by atoms with Crippen LogP contribution < -0.4 is 16.0 Å². The predicted octanol–water partition coefficient (Wildman–Crippen LogP) is 2.02. The van der Waals surface area contributed by atoms with Gasteiger partial charge < -0.3 is 4.74 Å². The average Bonchev–Trinajstić information content (AvgIpc) is 2.48. The van der Waals surface area contributed by atoms with Crippen molar-refractivity contribution in [2.45, 2.75) is 25.8 Å². The van der Waals surface area contributed by atoms with E-state index in [0.717, 1.165) is 18.6 Å². The van der Waals surface area contributed by atoms with E-state index in [0.29, 0.717) is 0 Å². The molecule has 3 N–H and O–H groups in total. The third kappa shape index (κ3) is 3.79. The summed E-state index contributed by atoms with van der Waals surface area (Å²) in [5.74, 6) is 6.59. The van der Waals surface area contributed by atoms with Gasteiger partial charge in [-0.25, -0.2) is 0 Å². The second-order valence-electron chi connectivity index (χ2n) is 4.95. The van der Waals surface area contributed by atoms with E-state index in [9.17, 15) is 0 Å². The molecule has 0 saturated carbocycles. The van der Waals surface area contributed by atoms with Gasteiger partial charge in [-0.3, -0.25) is 16.3 Å². The Balaban J connectivity index is 2.12. The number of rotatable bonds is 6. The second kappa shape index (κ2) is 7.03. The zero-order valence-corrected chi connectivity index (χ0v) is 12.0. The van der Waals surface area contributed by atoms with Crippen molar-refractivity contribution in [1.29, 1.82) is 0 Å². The third-order valence-corrected chi connectivity index (χ3v) is 3.34. The second-order valence-corrected chi connectivity index (χ2v) is 4.95. The summed E-state index contributed by atoms with van der Waals surface area (Å²) >= 11 is 0. The number of ether oxygens (including phenoxy) is 1. The Kier molecular flexibility index (Phi) is 5.09. The predicted molar refractivity (Wildman–Crippen MR) is 80.5 cm³/mol. The standard InChI is InChI=1S/C16H21N3O/c1-12-5-6-16(20-2)14(8-12)10-15(19-17)9-13-4-3-7-18-11-13/h3-8,11,15,19H,9-10,17H2,1-2H3. The van der Waals surface area contributed by atoms with E-state index >= 15 is 0 Å². The maximum Gasteiger partial charge on any atom is 0.122 e. The minimum absolute atomic E-state index is 0.148. The summed E-state index contributed by atoms with van der Waals surface area (Å²) in [6.45, 7) is 2.08. The van der Waals surface area contributed by atoms with E-state index in [-0.39, 0.29) is 6.04 Å². The number of nitrogens with two attached hydrogens (primary N) is 1. The number of nitrogens with one attached hydrogen (secondary N) is 1. The van der Waals surface area contributed by atoms with Gasteiger partial charge in [0.25, 0.3) is 0 Å². The lowest BCUT2D eigenvalue weighted by Crippen LogP contribution is -2.38. The molecule has 4 nitrogen and oxygen atoms in total. The fourth-order valence-electron chi connectivity index (χ4n) is 2.33. The monoisotopic (exact) mass is 271 g/mol. The van der Waals surface area contributed by atoms with Crippen molar-refractivity contribution >= 4 is 0 Å². The van der Waals surface area contributed by atoms with Gasteiger partial charge in [0.1, 0.15) is 5.75 Å². The number of hydrogen-bond acceptors (Lipinski definition) is 4. The number of aromatic nitrogens is 1. The highest BCUT2D eigenvalue weighted by Gasteiger charge is 2.12. The maximum atomic E-state index is 5.69. The summed E-state index contributed by atoms with van der Waals surface area (Å²) in [5.41, 5.74) is 6.44. The molecule has 106 valence electrons. The molecule has 0 aliphatic carbocycles. The minimum atomic E-state index is 0.148. The molecule has 0 bridgehead atoms. The number of hydrogen-bond donors (Lipinski definition) is 2. The summed E-state index contributed by atoms with van der Waals surface area (Å²) in [7, 11) is 1.69. The van der Waals surface area contributed by atoms with Crippen LogP contribution in [0.3, 0.4) is 0 Å². The smallest absolute Gasteiger partial charge is 0.122 e. The summed E-state index contributed by atoms with van der Waals surface area (Å²) < 4.78 is 5.41. The van der Waals surface area contributed by atoms with E-state index in [1.165, 1.54) is 16.7 Å². The van der Waals surface area contributed by atoms with Gasteiger partial charge in [-0.05, 0) is 43.0 Å². The molecule has 0 aliphatic rings. The minimum Gasteiger partial charge on any atom is -0.496 e. The molecule has 1 aromatic carbocycles. The molecule has 1 aromatic heterocycles. The lowest BCUT2D eigenvalue weighted by Gasteiger charge is -2.18. The Morgan fingerprint density at radius 1 is 1.30 bits per heavy atom. The van der Waals surface area contributed by atoms with Crippen LogP contribution in [0.2, 0.25) is 0 Å². The first-order valence-electron chi connectivity index (χ1n) is 6.71. The molecule has 0 radical (unpaired) electrons. The van der Waals surface area contributed by atoms with Crippen molar-refractivity contribution in [3.05, 3.63) is 59.4 Å². The number of aryl methyl sites for hydroxylation is 1. The van der Waals surface area contributed by atoms with Crippen LogP contribution in [0.5, 0.6) is 5.75 Å². The number of methoxy groups -OCH3 is 1. The first-order chi connectivity index (χ1) is 9.72. The summed E-state index contributed by atoms with van der Waals surface area (Å²) in [5, 5.41) is 0. The van der Waals surface area contributed by atoms with Crippen LogP contribution in [0.15, 0.2) is 42.7 Å². The summed E-state index contributed by atoms with van der Waals surface area (Å²) in [6.07, 6.45) is 5.30. The molecule has 20 heavy (non-hydrogen) atoms. The van der Waals surface area contributed by atoms with E-state index in [2.05, 4.69) is 29.5 Å². The van der Waals surface area contributed by atoms with Gasteiger partial charge in [0.15, 0.2) is 0 Å². The van der Waals surface area contributed by atoms with E-state index < -0.39 is 0 Å². The molecule has 1 atom stereocenters. The quantitative estimate of drug-likeness (QED) is 0.623. The van der Waals surface area contributed by atoms with Crippen molar-refractivity contribution in [1.82, 2.24) is 10.4 Å². The number of pyridine rings is 1. The Bertz CT molecular complexity index is 543. The molecule has 1 unspecified atom stereocenters. The molecule has 0 saturated heterocycles. The summed E-state index contributed by atoms with van der Waals surface area (Å²) in [4.78, 5) is 4.13. The van der Waals surface area contributed by atoms with Crippen molar-refractivity contribution in [3.8, 4) is 5.75 Å². The Morgan fingerprint density at radius 3 is 2.80 bits per heavy atom. The van der Waals surface area contributed by atoms with Gasteiger partial charge >= 0.3 is 0 Å². The van der Waals surface area contributed by atoms with Crippen LogP contribution in [0.1, 0.15) is 16.7 Å². The topological polar surface area (TPSA) is 60.2 Å². The normalized spacial score (nSPS) is 12.2. The van der Waals surface area contributed by atoms with Crippen LogP contribution in [-0.2, 0) is 12.8 Å². The van der Waals surface area contributed by atoms with Crippen LogP contribution in [0, 0.1) is 6.92 Å². The average molecular weight is 271 g/mol. The molecule has 0 aliphatic heterocycles. The van der Waals surface area contributed by atoms with Crippen molar-refractivity contribution < 1.29 is 4.74 Å². The highest BCUT2D eigenvalue weighted by Crippen LogP contribution is 2.21. The number of benzene rings is 1. The molecule has 0 amide bonds. The van der Waals surface area contributed by atoms with Gasteiger partial charge in [0.05, 0.1) is 7.11 Å².